The molecule has 2 bridgehead atoms. The Bertz CT molecular complexity index is 2010. The van der Waals surface area contributed by atoms with Gasteiger partial charge in [-0.3, -0.25) is 24.0 Å². The number of nitrogens with zero attached hydrogens (tertiary/aromatic N) is 5. The second kappa shape index (κ2) is 18.7. The van der Waals surface area contributed by atoms with Crippen LogP contribution in [0.2, 0.25) is 0 Å². The molecular formula is C41H51N9O6. The molecule has 2 atom stereocenters. The normalized spacial score (nSPS) is 19.6. The molecule has 0 radical (unpaired) electrons. The van der Waals surface area contributed by atoms with Gasteiger partial charge in [0.25, 0.3) is 11.8 Å². The van der Waals surface area contributed by atoms with Gasteiger partial charge in [-0.25, -0.2) is 9.97 Å². The van der Waals surface area contributed by atoms with Gasteiger partial charge >= 0.3 is 0 Å². The van der Waals surface area contributed by atoms with Crippen molar-refractivity contribution in [3.63, 3.8) is 0 Å². The van der Waals surface area contributed by atoms with Crippen molar-refractivity contribution >= 4 is 46.4 Å². The van der Waals surface area contributed by atoms with Crippen molar-refractivity contribution in [1.82, 2.24) is 40.7 Å². The highest BCUT2D eigenvalue weighted by atomic mass is 16.5. The van der Waals surface area contributed by atoms with E-state index < -0.39 is 36.3 Å². The molecule has 1 saturated heterocycles. The monoisotopic (exact) mass is 765 g/mol. The number of nitrogens with one attached hydrogen (secondary N) is 4. The number of carbonyl (C=O) groups excluding carboxylic acids is 5. The average molecular weight is 766 g/mol. The summed E-state index contributed by atoms with van der Waals surface area (Å²) in [5.41, 5.74) is 3.05. The van der Waals surface area contributed by atoms with E-state index in [-0.39, 0.29) is 36.9 Å². The van der Waals surface area contributed by atoms with E-state index in [9.17, 15) is 24.0 Å². The predicted octanol–water partition coefficient (Wildman–Crippen LogP) is 2.09. The molecule has 15 heteroatoms. The number of hydrogen-bond donors (Lipinski definition) is 4. The van der Waals surface area contributed by atoms with E-state index in [0.29, 0.717) is 63.1 Å². The van der Waals surface area contributed by atoms with Gasteiger partial charge in [0, 0.05) is 63.9 Å². The van der Waals surface area contributed by atoms with Gasteiger partial charge in [0.05, 0.1) is 36.4 Å². The van der Waals surface area contributed by atoms with E-state index in [1.165, 1.54) is 11.1 Å². The smallest absolute Gasteiger partial charge is 0.255 e. The fourth-order valence-corrected chi connectivity index (χ4v) is 6.87. The lowest BCUT2D eigenvalue weighted by atomic mass is 10.0. The van der Waals surface area contributed by atoms with Gasteiger partial charge in [-0.2, -0.15) is 0 Å². The number of aromatic nitrogens is 3. The summed E-state index contributed by atoms with van der Waals surface area (Å²) in [6.07, 6.45) is 2.95. The second-order valence-electron chi connectivity index (χ2n) is 14.7. The molecule has 2 aromatic carbocycles. The summed E-state index contributed by atoms with van der Waals surface area (Å²) >= 11 is 0. The summed E-state index contributed by atoms with van der Waals surface area (Å²) in [4.78, 5) is 80.9. The molecule has 0 spiro atoms. The van der Waals surface area contributed by atoms with Crippen molar-refractivity contribution in [2.24, 2.45) is 5.92 Å². The van der Waals surface area contributed by atoms with Crippen LogP contribution in [0.25, 0.3) is 11.0 Å². The molecule has 5 amide bonds. The van der Waals surface area contributed by atoms with Crippen LogP contribution in [0.3, 0.4) is 0 Å². The topological polar surface area (TPSA) is 180 Å². The second-order valence-corrected chi connectivity index (χ2v) is 14.7. The van der Waals surface area contributed by atoms with Crippen molar-refractivity contribution in [3.05, 3.63) is 89.4 Å². The molecule has 2 aromatic heterocycles. The van der Waals surface area contributed by atoms with Crippen molar-refractivity contribution in [1.29, 1.82) is 0 Å². The van der Waals surface area contributed by atoms with Gasteiger partial charge in [-0.15, -0.1) is 0 Å². The van der Waals surface area contributed by atoms with E-state index in [1.807, 2.05) is 42.5 Å². The van der Waals surface area contributed by atoms with Gasteiger partial charge in [-0.1, -0.05) is 44.2 Å². The Morgan fingerprint density at radius 2 is 1.68 bits per heavy atom. The van der Waals surface area contributed by atoms with Crippen LogP contribution in [0.5, 0.6) is 0 Å². The zero-order valence-corrected chi connectivity index (χ0v) is 32.3. The Morgan fingerprint density at radius 3 is 2.41 bits per heavy atom. The highest BCUT2D eigenvalue weighted by Crippen LogP contribution is 2.21. The molecule has 4 aromatic rings. The zero-order chi connectivity index (χ0) is 39.6. The van der Waals surface area contributed by atoms with Crippen LogP contribution < -0.4 is 26.2 Å². The number of pyridine rings is 1. The van der Waals surface area contributed by atoms with Gasteiger partial charge < -0.3 is 40.4 Å². The predicted molar refractivity (Wildman–Crippen MR) is 211 cm³/mol. The van der Waals surface area contributed by atoms with Crippen LogP contribution in [-0.2, 0) is 38.5 Å². The number of aryl methyl sites for hydroxylation is 1. The molecule has 1 fully saturated rings. The standard InChI is InChI=1S/C41H51N9O6/c1-27(2)22-36-46-32-12-10-30-24-34(32)50(36)16-7-14-42-38(52)28(3)45-40(54)33(23-29-8-5-4-6-9-29)47-37(51)26-49(17-15-43-39(30)53)41(55)31-11-13-35(44-25-31)48-18-20-56-21-19-48/h4-6,8-13,24-25,27-28,33H,7,14-23,26H2,1-3H3,(H,42,52)(H,43,53)(H,45,54)(H,47,51)/t28-,33+/m1/s1. The summed E-state index contributed by atoms with van der Waals surface area (Å²) in [5.74, 6) is -0.353. The minimum absolute atomic E-state index is 0.00528. The number of carbonyl (C=O) groups is 5. The maximum Gasteiger partial charge on any atom is 0.255 e. The van der Waals surface area contributed by atoms with Crippen molar-refractivity contribution in [3.8, 4) is 0 Å². The van der Waals surface area contributed by atoms with Crippen LogP contribution in [0.15, 0.2) is 66.9 Å². The first kappa shape index (κ1) is 39.9. The molecule has 6 rings (SSSR count). The van der Waals surface area contributed by atoms with Gasteiger partial charge in [0.1, 0.15) is 23.7 Å². The van der Waals surface area contributed by atoms with Gasteiger partial charge in [-0.05, 0) is 55.2 Å². The van der Waals surface area contributed by atoms with E-state index in [4.69, 9.17) is 9.72 Å². The Morgan fingerprint density at radius 1 is 0.893 bits per heavy atom. The SMILES string of the molecule is CC(C)Cc1nc2ccc3cc2n1CCCNC(=O)[C@@H](C)NC(=O)[C@H](Cc1ccccc1)NC(=O)CN(C(=O)c1ccc(N2CCOCC2)nc1)CCNC3=O. The van der Waals surface area contributed by atoms with Gasteiger partial charge in [0.15, 0.2) is 0 Å². The molecule has 4 heterocycles. The highest BCUT2D eigenvalue weighted by Gasteiger charge is 2.27. The number of rotatable bonds is 6. The van der Waals surface area contributed by atoms with E-state index in [2.05, 4.69) is 49.6 Å². The molecule has 0 aliphatic carbocycles. The molecule has 0 saturated carbocycles. The molecule has 4 N–H and O–H groups in total. The average Bonchev–Trinajstić information content (AvgIpc) is 3.53. The molecule has 2 aliphatic heterocycles. The molecule has 56 heavy (non-hydrogen) atoms. The highest BCUT2D eigenvalue weighted by molar-refractivity contribution is 5.99. The molecule has 15 nitrogen and oxygen atoms in total. The minimum Gasteiger partial charge on any atom is -0.378 e. The Labute approximate surface area is 326 Å². The van der Waals surface area contributed by atoms with Crippen LogP contribution in [-0.4, -0.2) is 114 Å². The van der Waals surface area contributed by atoms with Crippen LogP contribution in [0.1, 0.15) is 59.3 Å². The number of fused-ring (bicyclic) bond motifs is 1. The van der Waals surface area contributed by atoms with Gasteiger partial charge in [0.2, 0.25) is 17.7 Å². The van der Waals surface area contributed by atoms with Crippen LogP contribution in [0.4, 0.5) is 5.82 Å². The molecular weight excluding hydrogens is 715 g/mol. The molecule has 296 valence electrons. The summed E-state index contributed by atoms with van der Waals surface area (Å²) in [6, 6.07) is 16.1. The number of hydrogen-bond acceptors (Lipinski definition) is 9. The Kier molecular flexibility index (Phi) is 13.3. The summed E-state index contributed by atoms with van der Waals surface area (Å²) in [7, 11) is 0. The maximum atomic E-state index is 14.0. The fraction of sp³-hybridized carbons (Fsp3) is 0.439. The first-order valence-corrected chi connectivity index (χ1v) is 19.3. The first-order valence-electron chi connectivity index (χ1n) is 19.3. The number of morpholine rings is 1. The van der Waals surface area contributed by atoms with E-state index in [0.717, 1.165) is 28.8 Å². The summed E-state index contributed by atoms with van der Waals surface area (Å²) in [5, 5.41) is 11.4. The lowest BCUT2D eigenvalue weighted by Gasteiger charge is -2.28. The van der Waals surface area contributed by atoms with Crippen molar-refractivity contribution in [2.75, 3.05) is 57.4 Å². The Hall–Kier alpha value is -5.83. The molecule has 2 aliphatic rings. The van der Waals surface area contributed by atoms with Crippen LogP contribution >= 0.6 is 0 Å². The summed E-state index contributed by atoms with van der Waals surface area (Å²) < 4.78 is 7.54. The third-order valence-electron chi connectivity index (χ3n) is 9.84. The third-order valence-corrected chi connectivity index (χ3v) is 9.84. The number of anilines is 1. The lowest BCUT2D eigenvalue weighted by Crippen LogP contribution is -2.55. The van der Waals surface area contributed by atoms with Crippen molar-refractivity contribution in [2.45, 2.75) is 58.7 Å². The number of imidazole rings is 1. The van der Waals surface area contributed by atoms with Crippen LogP contribution in [0, 0.1) is 5.92 Å². The largest absolute Gasteiger partial charge is 0.378 e. The fourth-order valence-electron chi connectivity index (χ4n) is 6.87. The minimum atomic E-state index is -1.05. The van der Waals surface area contributed by atoms with E-state index in [1.54, 1.807) is 25.1 Å². The first-order chi connectivity index (χ1) is 27.0. The number of amides is 5. The summed E-state index contributed by atoms with van der Waals surface area (Å²) in [6.45, 7) is 8.91. The molecule has 0 unspecified atom stereocenters. The lowest BCUT2D eigenvalue weighted by molar-refractivity contribution is -0.132. The quantitative estimate of drug-likeness (QED) is 0.229. The third kappa shape index (κ3) is 10.3. The number of ether oxygens (including phenoxy) is 1. The van der Waals surface area contributed by atoms with Crippen molar-refractivity contribution < 1.29 is 28.7 Å². The maximum absolute atomic E-state index is 14.0. The zero-order valence-electron chi connectivity index (χ0n) is 32.3. The number of benzene rings is 2. The van der Waals surface area contributed by atoms with E-state index >= 15 is 0 Å². The Balaban J connectivity index is 1.28.